The van der Waals surface area contributed by atoms with E-state index in [-0.39, 0.29) is 25.7 Å². The van der Waals surface area contributed by atoms with E-state index in [2.05, 4.69) is 41.5 Å². The highest BCUT2D eigenvalue weighted by atomic mass is 31.2. The van der Waals surface area contributed by atoms with Crippen LogP contribution in [0.25, 0.3) is 0 Å². The summed E-state index contributed by atoms with van der Waals surface area (Å²) >= 11 is 0. The molecule has 0 aromatic heterocycles. The second-order valence-corrected chi connectivity index (χ2v) is 30.5. The first-order valence-corrected chi connectivity index (χ1v) is 41.5. The summed E-state index contributed by atoms with van der Waals surface area (Å²) in [6.45, 7) is 9.51. The quantitative estimate of drug-likeness (QED) is 0.0222. The minimum absolute atomic E-state index is 0.106. The third-order valence-corrected chi connectivity index (χ3v) is 19.1. The molecule has 93 heavy (non-hydrogen) atoms. The molecule has 0 bridgehead atoms. The van der Waals surface area contributed by atoms with E-state index in [1.807, 2.05) is 0 Å². The Bertz CT molecular complexity index is 1800. The van der Waals surface area contributed by atoms with Crippen molar-refractivity contribution in [2.24, 2.45) is 11.8 Å². The largest absolute Gasteiger partial charge is 0.472 e. The fourth-order valence-electron chi connectivity index (χ4n) is 11.3. The molecule has 0 saturated carbocycles. The third kappa shape index (κ3) is 68.4. The minimum Gasteiger partial charge on any atom is -0.462 e. The minimum atomic E-state index is -4.95. The molecule has 2 unspecified atom stereocenters. The van der Waals surface area contributed by atoms with E-state index in [0.29, 0.717) is 31.6 Å². The molecule has 17 nitrogen and oxygen atoms in total. The predicted molar refractivity (Wildman–Crippen MR) is 377 cm³/mol. The molecule has 0 fully saturated rings. The number of ether oxygens (including phenoxy) is 4. The highest BCUT2D eigenvalue weighted by Gasteiger charge is 2.30. The second kappa shape index (κ2) is 66.0. The Labute approximate surface area is 568 Å². The fourth-order valence-corrected chi connectivity index (χ4v) is 12.9. The van der Waals surface area contributed by atoms with Crippen LogP contribution in [0.4, 0.5) is 0 Å². The van der Waals surface area contributed by atoms with Gasteiger partial charge < -0.3 is 33.8 Å². The molecule has 0 spiro atoms. The zero-order chi connectivity index (χ0) is 68.6. The van der Waals surface area contributed by atoms with Gasteiger partial charge in [0, 0.05) is 25.7 Å². The molecule has 5 atom stereocenters. The van der Waals surface area contributed by atoms with Crippen molar-refractivity contribution in [3.8, 4) is 0 Å². The van der Waals surface area contributed by atoms with Gasteiger partial charge in [0.1, 0.15) is 19.3 Å². The number of esters is 4. The molecular weight excluding hydrogens is 1220 g/mol. The van der Waals surface area contributed by atoms with Gasteiger partial charge in [0.15, 0.2) is 12.2 Å². The Morgan fingerprint density at radius 2 is 0.495 bits per heavy atom. The average Bonchev–Trinajstić information content (AvgIpc) is 1.80. The fraction of sp³-hybridized carbons (Fsp3) is 0.946. The molecule has 552 valence electrons. The Morgan fingerprint density at radius 3 is 0.731 bits per heavy atom. The number of hydrogen-bond acceptors (Lipinski definition) is 15. The molecule has 0 heterocycles. The summed E-state index contributed by atoms with van der Waals surface area (Å²) in [7, 11) is -9.91. The average molecular weight is 1370 g/mol. The van der Waals surface area contributed by atoms with Crippen LogP contribution < -0.4 is 0 Å². The van der Waals surface area contributed by atoms with E-state index in [4.69, 9.17) is 37.0 Å². The molecule has 3 N–H and O–H groups in total. The number of carbonyl (C=O) groups excluding carboxylic acids is 4. The van der Waals surface area contributed by atoms with Crippen LogP contribution in [-0.4, -0.2) is 96.7 Å². The lowest BCUT2D eigenvalue weighted by Gasteiger charge is -2.21. The van der Waals surface area contributed by atoms with Crippen molar-refractivity contribution in [2.45, 2.75) is 400 Å². The smallest absolute Gasteiger partial charge is 0.462 e. The van der Waals surface area contributed by atoms with Crippen LogP contribution in [0.5, 0.6) is 0 Å². The zero-order valence-electron chi connectivity index (χ0n) is 60.6. The molecular formula is C74H144O17P2. The lowest BCUT2D eigenvalue weighted by molar-refractivity contribution is -0.161. The van der Waals surface area contributed by atoms with Crippen molar-refractivity contribution in [1.29, 1.82) is 0 Å². The van der Waals surface area contributed by atoms with Crippen LogP contribution in [0.15, 0.2) is 0 Å². The van der Waals surface area contributed by atoms with Gasteiger partial charge in [-0.15, -0.1) is 0 Å². The summed E-state index contributed by atoms with van der Waals surface area (Å²) in [5.41, 5.74) is 0. The summed E-state index contributed by atoms with van der Waals surface area (Å²) in [5, 5.41) is 10.6. The Balaban J connectivity index is 5.24. The van der Waals surface area contributed by atoms with Crippen molar-refractivity contribution in [3.63, 3.8) is 0 Å². The summed E-state index contributed by atoms with van der Waals surface area (Å²) in [6, 6.07) is 0. The van der Waals surface area contributed by atoms with Gasteiger partial charge in [0.05, 0.1) is 26.4 Å². The van der Waals surface area contributed by atoms with Gasteiger partial charge in [0.25, 0.3) is 0 Å². The number of aliphatic hydroxyl groups is 1. The van der Waals surface area contributed by atoms with E-state index >= 15 is 0 Å². The first-order chi connectivity index (χ1) is 44.9. The lowest BCUT2D eigenvalue weighted by Crippen LogP contribution is -2.30. The topological polar surface area (TPSA) is 237 Å². The normalized spacial score (nSPS) is 14.1. The molecule has 0 radical (unpaired) electrons. The van der Waals surface area contributed by atoms with Gasteiger partial charge >= 0.3 is 39.5 Å². The molecule has 0 aromatic rings. The number of unbranched alkanes of at least 4 members (excludes halogenated alkanes) is 43. The zero-order valence-corrected chi connectivity index (χ0v) is 62.3. The first kappa shape index (κ1) is 91.1. The van der Waals surface area contributed by atoms with Crippen LogP contribution in [0.3, 0.4) is 0 Å². The first-order valence-electron chi connectivity index (χ1n) is 38.5. The maximum atomic E-state index is 13.1. The summed E-state index contributed by atoms with van der Waals surface area (Å²) in [4.78, 5) is 72.7. The Hall–Kier alpha value is -1.94. The van der Waals surface area contributed by atoms with Gasteiger partial charge in [-0.1, -0.05) is 330 Å². The highest BCUT2D eigenvalue weighted by molar-refractivity contribution is 7.47. The van der Waals surface area contributed by atoms with Crippen molar-refractivity contribution >= 4 is 39.5 Å². The number of rotatable bonds is 73. The number of phosphoric ester groups is 2. The maximum Gasteiger partial charge on any atom is 0.472 e. The van der Waals surface area contributed by atoms with E-state index in [1.165, 1.54) is 193 Å². The highest BCUT2D eigenvalue weighted by Crippen LogP contribution is 2.45. The molecule has 0 aliphatic carbocycles. The maximum absolute atomic E-state index is 13.1. The van der Waals surface area contributed by atoms with Crippen molar-refractivity contribution in [3.05, 3.63) is 0 Å². The summed E-state index contributed by atoms with van der Waals surface area (Å²) in [5.74, 6) is -0.674. The number of carbonyl (C=O) groups is 4. The lowest BCUT2D eigenvalue weighted by atomic mass is 10.0. The van der Waals surface area contributed by atoms with Crippen LogP contribution in [-0.2, 0) is 65.4 Å². The van der Waals surface area contributed by atoms with Crippen LogP contribution >= 0.6 is 15.6 Å². The van der Waals surface area contributed by atoms with E-state index in [1.54, 1.807) is 0 Å². The molecule has 0 aromatic carbocycles. The third-order valence-electron chi connectivity index (χ3n) is 17.2. The van der Waals surface area contributed by atoms with Crippen LogP contribution in [0.2, 0.25) is 0 Å². The van der Waals surface area contributed by atoms with Crippen molar-refractivity contribution in [1.82, 2.24) is 0 Å². The van der Waals surface area contributed by atoms with Gasteiger partial charge in [-0.05, 0) is 37.5 Å². The molecule has 0 amide bonds. The number of hydrogen-bond donors (Lipinski definition) is 3. The monoisotopic (exact) mass is 1370 g/mol. The van der Waals surface area contributed by atoms with Crippen LogP contribution in [0, 0.1) is 11.8 Å². The van der Waals surface area contributed by atoms with Gasteiger partial charge in [-0.3, -0.25) is 37.3 Å². The Kier molecular flexibility index (Phi) is 64.6. The van der Waals surface area contributed by atoms with Gasteiger partial charge in [0.2, 0.25) is 0 Å². The second-order valence-electron chi connectivity index (χ2n) is 27.6. The standard InChI is InChI=1S/C74H144O17P2/c1-7-9-11-13-15-17-19-21-23-25-29-33-37-44-50-56-71(76)84-62-69(90-73(78)58-52-46-38-34-30-26-24-22-20-18-16-14-12-10-8-2)64-88-92(80,81)86-60-68(75)61-87-93(82,83)89-65-70(63-85-72(77)57-51-45-41-40-43-49-55-67(5)6)91-74(79)59-53-47-39-35-31-27-28-32-36-42-48-54-66(3)4/h66-70,75H,7-65H2,1-6H3,(H,80,81)(H,82,83)/t68-,69-,70-/m1/s1. The van der Waals surface area contributed by atoms with E-state index in [0.717, 1.165) is 102 Å². The summed E-state index contributed by atoms with van der Waals surface area (Å²) < 4.78 is 68.4. The van der Waals surface area contributed by atoms with E-state index in [9.17, 15) is 43.2 Å². The molecule has 0 aliphatic rings. The number of phosphoric acid groups is 2. The predicted octanol–water partition coefficient (Wildman–Crippen LogP) is 21.6. The van der Waals surface area contributed by atoms with Crippen LogP contribution in [0.1, 0.15) is 382 Å². The molecule has 0 aliphatic heterocycles. The SMILES string of the molecule is CCCCCCCCCCCCCCCCCC(=O)OC[C@H](COP(=O)(O)OC[C@@H](O)COP(=O)(O)OC[C@@H](COC(=O)CCCCCCCCC(C)C)OC(=O)CCCCCCCCCCCCCC(C)C)OC(=O)CCCCCCCCCCCCCCCCC. The number of aliphatic hydroxyl groups excluding tert-OH is 1. The van der Waals surface area contributed by atoms with Gasteiger partial charge in [-0.25, -0.2) is 9.13 Å². The molecule has 19 heteroatoms. The van der Waals surface area contributed by atoms with Crippen molar-refractivity contribution < 1.29 is 80.2 Å². The Morgan fingerprint density at radius 1 is 0.290 bits per heavy atom. The summed E-state index contributed by atoms with van der Waals surface area (Å²) in [6.07, 6.45) is 52.8. The van der Waals surface area contributed by atoms with Crippen molar-refractivity contribution in [2.75, 3.05) is 39.6 Å². The van der Waals surface area contributed by atoms with E-state index < -0.39 is 97.5 Å². The molecule has 0 saturated heterocycles. The van der Waals surface area contributed by atoms with Gasteiger partial charge in [-0.2, -0.15) is 0 Å². The molecule has 0 rings (SSSR count).